The molecule has 2 aromatic carbocycles. The molecule has 0 aliphatic carbocycles. The smallest absolute Gasteiger partial charge is 0.430 e. The van der Waals surface area contributed by atoms with Crippen molar-refractivity contribution in [2.24, 2.45) is 4.99 Å². The Hall–Kier alpha value is -4.32. The summed E-state index contributed by atoms with van der Waals surface area (Å²) in [5.74, 6) is -1.97. The first kappa shape index (κ1) is 35.2. The third kappa shape index (κ3) is 10.7. The molecule has 2 aliphatic heterocycles. The number of ketones is 1. The van der Waals surface area contributed by atoms with E-state index in [9.17, 15) is 27.6 Å². The van der Waals surface area contributed by atoms with Crippen LogP contribution in [0.4, 0.5) is 13.2 Å². The van der Waals surface area contributed by atoms with E-state index in [0.29, 0.717) is 25.2 Å². The van der Waals surface area contributed by atoms with Crippen LogP contribution in [0.5, 0.6) is 0 Å². The number of amidine groups is 1. The summed E-state index contributed by atoms with van der Waals surface area (Å²) in [7, 11) is 0. The van der Waals surface area contributed by atoms with Crippen LogP contribution in [0.25, 0.3) is 5.70 Å². The van der Waals surface area contributed by atoms with Gasteiger partial charge >= 0.3 is 6.18 Å². The predicted octanol–water partition coefficient (Wildman–Crippen LogP) is 3.21. The molecule has 12 heteroatoms. The minimum Gasteiger partial charge on any atom is -0.542 e. The maximum absolute atomic E-state index is 13.4. The van der Waals surface area contributed by atoms with Gasteiger partial charge in [-0.2, -0.15) is 13.2 Å². The summed E-state index contributed by atoms with van der Waals surface area (Å²) in [5.41, 5.74) is 4.37. The molecule has 0 saturated heterocycles. The molecule has 0 radical (unpaired) electrons. The number of aliphatic imine (C=N–C) groups is 1. The lowest BCUT2D eigenvalue weighted by Crippen LogP contribution is -2.87. The van der Waals surface area contributed by atoms with Crippen molar-refractivity contribution in [3.63, 3.8) is 0 Å². The molecule has 0 spiro atoms. The minimum atomic E-state index is -5.19. The number of carboxylic acid groups (broad SMARTS) is 1. The van der Waals surface area contributed by atoms with E-state index in [-0.39, 0.29) is 30.3 Å². The first-order chi connectivity index (χ1) is 21.4. The van der Waals surface area contributed by atoms with Gasteiger partial charge in [-0.15, -0.1) is 0 Å². The van der Waals surface area contributed by atoms with Crippen LogP contribution in [-0.4, -0.2) is 53.1 Å². The number of carbonyl (C=O) groups is 4. The molecule has 242 valence electrons. The normalized spacial score (nSPS) is 16.4. The summed E-state index contributed by atoms with van der Waals surface area (Å²) in [4.78, 5) is 52.8. The molecule has 0 bridgehead atoms. The third-order valence-electron chi connectivity index (χ3n) is 7.73. The lowest BCUT2D eigenvalue weighted by atomic mass is 9.90. The van der Waals surface area contributed by atoms with Crippen molar-refractivity contribution in [2.45, 2.75) is 83.5 Å². The largest absolute Gasteiger partial charge is 0.542 e. The number of alkyl halides is 3. The van der Waals surface area contributed by atoms with Crippen LogP contribution in [0.15, 0.2) is 65.8 Å². The number of hydrogen-bond acceptors (Lipinski definition) is 6. The Balaban J connectivity index is 0.000000707. The second kappa shape index (κ2) is 16.7. The van der Waals surface area contributed by atoms with Crippen molar-refractivity contribution in [3.05, 3.63) is 77.5 Å². The van der Waals surface area contributed by atoms with Gasteiger partial charge in [-0.1, -0.05) is 62.2 Å². The van der Waals surface area contributed by atoms with Gasteiger partial charge in [-0.3, -0.25) is 19.7 Å². The van der Waals surface area contributed by atoms with E-state index in [4.69, 9.17) is 9.90 Å². The highest BCUT2D eigenvalue weighted by Gasteiger charge is 2.33. The van der Waals surface area contributed by atoms with E-state index in [1.165, 1.54) is 5.56 Å². The number of fused-ring (bicyclic) bond motifs is 1. The fraction of sp³-hybridized carbons (Fsp3) is 0.424. The number of nitrogens with two attached hydrogens (primary N) is 1. The topological polar surface area (TPSA) is 136 Å². The Labute approximate surface area is 260 Å². The van der Waals surface area contributed by atoms with Gasteiger partial charge < -0.3 is 20.1 Å². The van der Waals surface area contributed by atoms with Gasteiger partial charge in [0.2, 0.25) is 17.6 Å². The van der Waals surface area contributed by atoms with Gasteiger partial charge in [0.05, 0.1) is 18.7 Å². The van der Waals surface area contributed by atoms with Crippen LogP contribution in [0, 0.1) is 0 Å². The number of benzene rings is 2. The van der Waals surface area contributed by atoms with Gasteiger partial charge in [0.15, 0.2) is 5.70 Å². The molecular weight excluding hydrogens is 589 g/mol. The maximum atomic E-state index is 13.4. The summed E-state index contributed by atoms with van der Waals surface area (Å²) >= 11 is 0. The molecule has 0 aromatic heterocycles. The van der Waals surface area contributed by atoms with Gasteiger partial charge in [0, 0.05) is 31.9 Å². The SMILES string of the molecule is CCC(=O)CCCCC[C@H](NC(=O)CC1c2ccccc2CCN1C(C)=O)C1=NC=C(c2ccccc2)[NH2+]1.O=C([O-])C(F)(F)F. The molecular formula is C33H39F3N4O5. The second-order valence-corrected chi connectivity index (χ2v) is 10.9. The summed E-state index contributed by atoms with van der Waals surface area (Å²) in [6.07, 6.45) is 2.31. The molecule has 2 heterocycles. The van der Waals surface area contributed by atoms with E-state index in [2.05, 4.69) is 33.8 Å². The van der Waals surface area contributed by atoms with Crippen molar-refractivity contribution < 1.29 is 42.8 Å². The molecule has 4 rings (SSSR count). The number of quaternary nitrogens is 1. The number of Topliss-reactive ketones (excluding diaryl/α,β-unsaturated/α-hetero) is 1. The number of carboxylic acids is 1. The van der Waals surface area contributed by atoms with Crippen molar-refractivity contribution in [2.75, 3.05) is 6.54 Å². The molecule has 2 amide bonds. The summed E-state index contributed by atoms with van der Waals surface area (Å²) in [5, 5.41) is 14.1. The highest BCUT2D eigenvalue weighted by atomic mass is 19.4. The Morgan fingerprint density at radius 2 is 1.71 bits per heavy atom. The molecule has 0 fully saturated rings. The number of nitrogens with one attached hydrogen (secondary N) is 1. The minimum absolute atomic E-state index is 0.0133. The molecule has 2 atom stereocenters. The number of aliphatic carboxylic acids is 1. The number of unbranched alkanes of at least 4 members (excludes halogenated alkanes) is 2. The van der Waals surface area contributed by atoms with E-state index >= 15 is 0 Å². The number of nitrogens with zero attached hydrogens (tertiary/aromatic N) is 2. The van der Waals surface area contributed by atoms with Crippen molar-refractivity contribution in [1.82, 2.24) is 10.2 Å². The fourth-order valence-corrected chi connectivity index (χ4v) is 5.35. The summed E-state index contributed by atoms with van der Waals surface area (Å²) < 4.78 is 31.5. The monoisotopic (exact) mass is 628 g/mol. The Morgan fingerprint density at radius 1 is 1.04 bits per heavy atom. The van der Waals surface area contributed by atoms with Crippen LogP contribution in [0.3, 0.4) is 0 Å². The Bertz CT molecular complexity index is 1410. The summed E-state index contributed by atoms with van der Waals surface area (Å²) in [6, 6.07) is 17.7. The quantitative estimate of drug-likeness (QED) is 0.348. The number of rotatable bonds is 12. The fourth-order valence-electron chi connectivity index (χ4n) is 5.35. The maximum Gasteiger partial charge on any atom is 0.430 e. The molecule has 1 unspecified atom stereocenters. The van der Waals surface area contributed by atoms with Crippen molar-refractivity contribution in [3.8, 4) is 0 Å². The molecule has 0 saturated carbocycles. The van der Waals surface area contributed by atoms with Crippen LogP contribution in [0.2, 0.25) is 0 Å². The predicted molar refractivity (Wildman–Crippen MR) is 160 cm³/mol. The van der Waals surface area contributed by atoms with Crippen LogP contribution in [0.1, 0.15) is 81.5 Å². The van der Waals surface area contributed by atoms with E-state index < -0.39 is 12.1 Å². The average molecular weight is 629 g/mol. The van der Waals surface area contributed by atoms with Crippen molar-refractivity contribution >= 4 is 35.1 Å². The lowest BCUT2D eigenvalue weighted by molar-refractivity contribution is -0.434. The van der Waals surface area contributed by atoms with Crippen LogP contribution >= 0.6 is 0 Å². The lowest BCUT2D eigenvalue weighted by Gasteiger charge is -2.36. The Morgan fingerprint density at radius 3 is 2.36 bits per heavy atom. The third-order valence-corrected chi connectivity index (χ3v) is 7.73. The van der Waals surface area contributed by atoms with Gasteiger partial charge in [-0.25, -0.2) is 4.99 Å². The zero-order valence-electron chi connectivity index (χ0n) is 25.4. The average Bonchev–Trinajstić information content (AvgIpc) is 3.51. The zero-order chi connectivity index (χ0) is 33.0. The van der Waals surface area contributed by atoms with Crippen LogP contribution in [-0.2, 0) is 25.6 Å². The number of amides is 2. The van der Waals surface area contributed by atoms with Gasteiger partial charge in [0.25, 0.3) is 0 Å². The first-order valence-electron chi connectivity index (χ1n) is 15.0. The highest BCUT2D eigenvalue weighted by molar-refractivity contribution is 5.90. The standard InChI is InChI=1S/C31H38N4O3.C2HF3O2/c1-3-25(37)15-8-5-9-17-27(31-32-21-28(34-31)24-13-6-4-7-14-24)33-30(38)20-29-26-16-11-10-12-23(26)18-19-35(29)22(2)36;3-2(4,5)1(6)7/h4,6-7,10-14,16,21,27,29H,3,5,8-9,15,17-20H2,1-2H3,(H,32,34)(H,33,38);(H,6,7)/t27-,29?;/m0./s1. The first-order valence-corrected chi connectivity index (χ1v) is 15.0. The van der Waals surface area contributed by atoms with E-state index in [1.807, 2.05) is 54.4 Å². The highest BCUT2D eigenvalue weighted by Crippen LogP contribution is 2.32. The number of halogens is 3. The van der Waals surface area contributed by atoms with E-state index in [0.717, 1.165) is 54.8 Å². The zero-order valence-corrected chi connectivity index (χ0v) is 25.4. The van der Waals surface area contributed by atoms with Crippen molar-refractivity contribution in [1.29, 1.82) is 0 Å². The molecule has 45 heavy (non-hydrogen) atoms. The Kier molecular flexibility index (Phi) is 13.0. The molecule has 2 aromatic rings. The number of carbonyl (C=O) groups excluding carboxylic acids is 4. The molecule has 2 aliphatic rings. The second-order valence-electron chi connectivity index (χ2n) is 10.9. The van der Waals surface area contributed by atoms with Gasteiger partial charge in [0.1, 0.15) is 17.8 Å². The summed E-state index contributed by atoms with van der Waals surface area (Å²) in [6.45, 7) is 4.09. The number of hydrogen-bond donors (Lipinski definition) is 2. The molecule has 9 nitrogen and oxygen atoms in total. The van der Waals surface area contributed by atoms with E-state index in [1.54, 1.807) is 6.92 Å². The molecule has 3 N–H and O–H groups in total. The van der Waals surface area contributed by atoms with Crippen LogP contribution < -0.4 is 15.7 Å². The van der Waals surface area contributed by atoms with Gasteiger partial charge in [-0.05, 0) is 42.5 Å².